The van der Waals surface area contributed by atoms with Crippen molar-refractivity contribution in [3.63, 3.8) is 0 Å². The van der Waals surface area contributed by atoms with Gasteiger partial charge in [0, 0.05) is 25.2 Å². The fraction of sp³-hybridized carbons (Fsp3) is 0.474. The van der Waals surface area contributed by atoms with Gasteiger partial charge in [-0.25, -0.2) is 0 Å². The number of halogens is 1. The highest BCUT2D eigenvalue weighted by molar-refractivity contribution is 6.32. The highest BCUT2D eigenvalue weighted by Gasteiger charge is 2.23. The Morgan fingerprint density at radius 1 is 1.42 bits per heavy atom. The molecule has 0 bridgehead atoms. The summed E-state index contributed by atoms with van der Waals surface area (Å²) in [5.74, 6) is 0.174. The lowest BCUT2D eigenvalue weighted by Gasteiger charge is -2.32. The second kappa shape index (κ2) is 8.56. The molecule has 140 valence electrons. The van der Waals surface area contributed by atoms with Crippen molar-refractivity contribution >= 4 is 17.6 Å². The fourth-order valence-electron chi connectivity index (χ4n) is 3.44. The molecular weight excluding hydrogens is 354 g/mol. The van der Waals surface area contributed by atoms with Gasteiger partial charge in [0.05, 0.1) is 17.3 Å². The molecule has 1 aromatic carbocycles. The molecule has 0 amide bonds. The van der Waals surface area contributed by atoms with Crippen LogP contribution in [0.25, 0.3) is 0 Å². The first-order valence-corrected chi connectivity index (χ1v) is 9.31. The van der Waals surface area contributed by atoms with Crippen LogP contribution in [0, 0.1) is 0 Å². The van der Waals surface area contributed by atoms with Crippen LogP contribution in [-0.4, -0.2) is 45.5 Å². The van der Waals surface area contributed by atoms with Crippen LogP contribution in [0.4, 0.5) is 0 Å². The third kappa shape index (κ3) is 4.77. The molecule has 1 N–H and O–H groups in total. The second-order valence-electron chi connectivity index (χ2n) is 6.60. The SMILES string of the molecule is CCOc1ccc(CN2CCC[C@@H](c3ccn(CC(=O)O)n3)C2)cc1Cl. The number of carboxylic acids is 1. The van der Waals surface area contributed by atoms with Crippen molar-refractivity contribution in [1.82, 2.24) is 14.7 Å². The number of carbonyl (C=O) groups is 1. The van der Waals surface area contributed by atoms with Crippen molar-refractivity contribution < 1.29 is 14.6 Å². The molecule has 2 aromatic rings. The fourth-order valence-corrected chi connectivity index (χ4v) is 3.69. The van der Waals surface area contributed by atoms with Gasteiger partial charge in [-0.3, -0.25) is 14.4 Å². The van der Waals surface area contributed by atoms with Crippen LogP contribution in [0.2, 0.25) is 5.02 Å². The maximum atomic E-state index is 10.8. The zero-order valence-electron chi connectivity index (χ0n) is 14.9. The zero-order valence-corrected chi connectivity index (χ0v) is 15.7. The number of piperidine rings is 1. The predicted octanol–water partition coefficient (Wildman–Crippen LogP) is 3.40. The zero-order chi connectivity index (χ0) is 18.5. The lowest BCUT2D eigenvalue weighted by atomic mass is 9.94. The molecule has 0 aliphatic carbocycles. The van der Waals surface area contributed by atoms with Crippen molar-refractivity contribution in [1.29, 1.82) is 0 Å². The minimum absolute atomic E-state index is 0.0961. The smallest absolute Gasteiger partial charge is 0.325 e. The molecule has 26 heavy (non-hydrogen) atoms. The number of hydrogen-bond donors (Lipinski definition) is 1. The molecule has 2 heterocycles. The van der Waals surface area contributed by atoms with Gasteiger partial charge in [0.2, 0.25) is 0 Å². The molecule has 0 radical (unpaired) electrons. The summed E-state index contributed by atoms with van der Waals surface area (Å²) in [4.78, 5) is 13.2. The molecular formula is C19H24ClN3O3. The Morgan fingerprint density at radius 2 is 2.27 bits per heavy atom. The van der Waals surface area contributed by atoms with E-state index in [2.05, 4.69) is 16.1 Å². The van der Waals surface area contributed by atoms with Crippen molar-refractivity contribution in [3.05, 3.63) is 46.7 Å². The number of carboxylic acid groups (broad SMARTS) is 1. The number of benzene rings is 1. The van der Waals surface area contributed by atoms with Gasteiger partial charge >= 0.3 is 5.97 Å². The number of likely N-dealkylation sites (tertiary alicyclic amines) is 1. The van der Waals surface area contributed by atoms with Crippen molar-refractivity contribution in [2.24, 2.45) is 0 Å². The van der Waals surface area contributed by atoms with E-state index < -0.39 is 5.97 Å². The van der Waals surface area contributed by atoms with Gasteiger partial charge < -0.3 is 9.84 Å². The first-order chi connectivity index (χ1) is 12.5. The summed E-state index contributed by atoms with van der Waals surface area (Å²) in [6, 6.07) is 7.89. The van der Waals surface area contributed by atoms with Crippen LogP contribution < -0.4 is 4.74 Å². The van der Waals surface area contributed by atoms with E-state index in [1.54, 1.807) is 6.20 Å². The van der Waals surface area contributed by atoms with Crippen LogP contribution in [0.3, 0.4) is 0 Å². The first kappa shape index (κ1) is 18.7. The lowest BCUT2D eigenvalue weighted by molar-refractivity contribution is -0.137. The summed E-state index contributed by atoms with van der Waals surface area (Å²) >= 11 is 6.29. The number of ether oxygens (including phenoxy) is 1. The van der Waals surface area contributed by atoms with E-state index in [0.717, 1.165) is 49.5 Å². The molecule has 1 aliphatic rings. The standard InChI is InChI=1S/C19H24ClN3O3/c1-2-26-18-6-5-14(10-16(18)20)11-22-8-3-4-15(12-22)17-7-9-23(21-17)13-19(24)25/h5-7,9-10,15H,2-4,8,11-13H2,1H3,(H,24,25)/t15-/m1/s1. The largest absolute Gasteiger partial charge is 0.492 e. The van der Waals surface area contributed by atoms with Crippen molar-refractivity contribution in [2.45, 2.75) is 38.8 Å². The summed E-state index contributed by atoms with van der Waals surface area (Å²) in [7, 11) is 0. The molecule has 3 rings (SSSR count). The predicted molar refractivity (Wildman–Crippen MR) is 99.7 cm³/mol. The summed E-state index contributed by atoms with van der Waals surface area (Å²) < 4.78 is 6.98. The summed E-state index contributed by atoms with van der Waals surface area (Å²) in [6.07, 6.45) is 3.92. The van der Waals surface area contributed by atoms with Crippen LogP contribution in [-0.2, 0) is 17.9 Å². The third-order valence-electron chi connectivity index (χ3n) is 4.58. The normalized spacial score (nSPS) is 18.0. The minimum Gasteiger partial charge on any atom is -0.492 e. The maximum Gasteiger partial charge on any atom is 0.325 e. The van der Waals surface area contributed by atoms with Gasteiger partial charge in [-0.05, 0) is 50.1 Å². The lowest BCUT2D eigenvalue weighted by Crippen LogP contribution is -2.34. The molecule has 6 nitrogen and oxygen atoms in total. The molecule has 1 aliphatic heterocycles. The quantitative estimate of drug-likeness (QED) is 0.801. The Balaban J connectivity index is 1.62. The van der Waals surface area contributed by atoms with Gasteiger partial charge in [0.25, 0.3) is 0 Å². The Morgan fingerprint density at radius 3 is 3.00 bits per heavy atom. The monoisotopic (exact) mass is 377 g/mol. The van der Waals surface area contributed by atoms with E-state index in [1.807, 2.05) is 25.1 Å². The Hall–Kier alpha value is -2.05. The Kier molecular flexibility index (Phi) is 6.16. The average Bonchev–Trinajstić information content (AvgIpc) is 3.05. The molecule has 0 saturated carbocycles. The van der Waals surface area contributed by atoms with Crippen LogP contribution in [0.1, 0.15) is 36.9 Å². The molecule has 0 spiro atoms. The highest BCUT2D eigenvalue weighted by Crippen LogP contribution is 2.29. The maximum absolute atomic E-state index is 10.8. The highest BCUT2D eigenvalue weighted by atomic mass is 35.5. The van der Waals surface area contributed by atoms with Crippen molar-refractivity contribution in [3.8, 4) is 5.75 Å². The van der Waals surface area contributed by atoms with Gasteiger partial charge in [-0.1, -0.05) is 17.7 Å². The van der Waals surface area contributed by atoms with Gasteiger partial charge in [0.1, 0.15) is 12.3 Å². The van der Waals surface area contributed by atoms with Crippen LogP contribution in [0.15, 0.2) is 30.5 Å². The third-order valence-corrected chi connectivity index (χ3v) is 4.88. The Bertz CT molecular complexity index is 762. The number of hydrogen-bond acceptors (Lipinski definition) is 4. The molecule has 1 fully saturated rings. The molecule has 1 aromatic heterocycles. The van der Waals surface area contributed by atoms with E-state index >= 15 is 0 Å². The summed E-state index contributed by atoms with van der Waals surface area (Å²) in [5, 5.41) is 14.0. The number of aliphatic carboxylic acids is 1. The Labute approximate surface area is 158 Å². The van der Waals surface area contributed by atoms with E-state index in [9.17, 15) is 4.79 Å². The van der Waals surface area contributed by atoms with Crippen LogP contribution in [0.5, 0.6) is 5.75 Å². The van der Waals surface area contributed by atoms with E-state index in [-0.39, 0.29) is 6.54 Å². The van der Waals surface area contributed by atoms with E-state index in [4.69, 9.17) is 21.4 Å². The number of nitrogens with zero attached hydrogens (tertiary/aromatic N) is 3. The number of rotatable bonds is 7. The number of aromatic nitrogens is 2. The minimum atomic E-state index is -0.878. The molecule has 0 unspecified atom stereocenters. The van der Waals surface area contributed by atoms with Gasteiger partial charge in [-0.2, -0.15) is 5.10 Å². The van der Waals surface area contributed by atoms with E-state index in [0.29, 0.717) is 17.5 Å². The molecule has 1 saturated heterocycles. The average molecular weight is 378 g/mol. The van der Waals surface area contributed by atoms with Gasteiger partial charge in [0.15, 0.2) is 0 Å². The molecule has 1 atom stereocenters. The summed E-state index contributed by atoms with van der Waals surface area (Å²) in [5.41, 5.74) is 2.14. The first-order valence-electron chi connectivity index (χ1n) is 8.94. The molecule has 7 heteroatoms. The second-order valence-corrected chi connectivity index (χ2v) is 7.01. The topological polar surface area (TPSA) is 67.6 Å². The summed E-state index contributed by atoms with van der Waals surface area (Å²) in [6.45, 7) is 5.23. The van der Waals surface area contributed by atoms with E-state index in [1.165, 1.54) is 4.68 Å². The van der Waals surface area contributed by atoms with Crippen molar-refractivity contribution in [2.75, 3.05) is 19.7 Å². The van der Waals surface area contributed by atoms with Gasteiger partial charge in [-0.15, -0.1) is 0 Å². The van der Waals surface area contributed by atoms with Crippen LogP contribution >= 0.6 is 11.6 Å².